The lowest BCUT2D eigenvalue weighted by Gasteiger charge is -2.18. The molecule has 156 valence electrons. The summed E-state index contributed by atoms with van der Waals surface area (Å²) in [6, 6.07) is 14.5. The fourth-order valence-electron chi connectivity index (χ4n) is 3.39. The Hall–Kier alpha value is -3.51. The summed E-state index contributed by atoms with van der Waals surface area (Å²) in [6.07, 6.45) is 1.48. The third-order valence-corrected chi connectivity index (χ3v) is 5.61. The largest absolute Gasteiger partial charge is 0.357 e. The minimum atomic E-state index is -0.451. The molecule has 8 nitrogen and oxygen atoms in total. The first-order valence-corrected chi connectivity index (χ1v) is 10.7. The molecule has 0 aliphatic carbocycles. The number of nitrogens with zero attached hydrogens (tertiary/aromatic N) is 5. The number of aromatic nitrogens is 4. The number of nitriles is 1. The summed E-state index contributed by atoms with van der Waals surface area (Å²) in [5.41, 5.74) is 2.70. The number of amides is 1. The van der Waals surface area contributed by atoms with Crippen LogP contribution in [0.4, 0.5) is 5.95 Å². The Balaban J connectivity index is 1.91. The Labute approximate surface area is 187 Å². The molecule has 4 rings (SSSR count). The summed E-state index contributed by atoms with van der Waals surface area (Å²) in [5.74, 6) is 0.828. The van der Waals surface area contributed by atoms with E-state index in [1.165, 1.54) is 0 Å². The van der Waals surface area contributed by atoms with Crippen molar-refractivity contribution in [3.63, 3.8) is 0 Å². The minimum absolute atomic E-state index is 0.114. The molecule has 9 heteroatoms. The van der Waals surface area contributed by atoms with Gasteiger partial charge < -0.3 is 10.6 Å². The molecule has 0 aliphatic rings. The number of para-hydroxylation sites is 1. The van der Waals surface area contributed by atoms with Crippen molar-refractivity contribution in [1.29, 1.82) is 5.26 Å². The number of benzene rings is 2. The molecular weight excluding hydrogens is 458 g/mol. The standard InChI is InChI=1S/C22H20BrN7O/c1-3-5-17(21(31)25-2)26-22-27-18-15(6-4-7-16(18)23)20-28-19(29-30(20)22)14-10-8-13(12-24)9-11-14/h4,6-11,17H,3,5H2,1-2H3,(H,25,31)(H,26,27)/t17-/m1/s1. The summed E-state index contributed by atoms with van der Waals surface area (Å²) in [6.45, 7) is 2.02. The highest BCUT2D eigenvalue weighted by Crippen LogP contribution is 2.29. The van der Waals surface area contributed by atoms with Crippen LogP contribution in [0.3, 0.4) is 0 Å². The second-order valence-electron chi connectivity index (χ2n) is 7.03. The first kappa shape index (κ1) is 20.8. The Kier molecular flexibility index (Phi) is 5.82. The van der Waals surface area contributed by atoms with Gasteiger partial charge in [0.1, 0.15) is 6.04 Å². The van der Waals surface area contributed by atoms with E-state index in [9.17, 15) is 4.79 Å². The third kappa shape index (κ3) is 3.94. The van der Waals surface area contributed by atoms with Crippen LogP contribution in [-0.2, 0) is 4.79 Å². The van der Waals surface area contributed by atoms with Crippen LogP contribution in [0.25, 0.3) is 27.9 Å². The van der Waals surface area contributed by atoms with Crippen molar-refractivity contribution in [1.82, 2.24) is 24.9 Å². The molecule has 0 aliphatic heterocycles. The molecule has 0 fully saturated rings. The zero-order valence-corrected chi connectivity index (χ0v) is 18.6. The number of rotatable bonds is 6. The lowest BCUT2D eigenvalue weighted by molar-refractivity contribution is -0.121. The highest BCUT2D eigenvalue weighted by molar-refractivity contribution is 9.10. The molecule has 31 heavy (non-hydrogen) atoms. The van der Waals surface area contributed by atoms with Crippen LogP contribution >= 0.6 is 15.9 Å². The lowest BCUT2D eigenvalue weighted by Crippen LogP contribution is -2.38. The fourth-order valence-corrected chi connectivity index (χ4v) is 3.85. The predicted octanol–water partition coefficient (Wildman–Crippen LogP) is 3.91. The maximum Gasteiger partial charge on any atom is 0.242 e. The Bertz CT molecular complexity index is 1310. The van der Waals surface area contributed by atoms with Crippen molar-refractivity contribution in [2.75, 3.05) is 12.4 Å². The second kappa shape index (κ2) is 8.70. The lowest BCUT2D eigenvalue weighted by atomic mass is 10.1. The van der Waals surface area contributed by atoms with Crippen molar-refractivity contribution < 1.29 is 4.79 Å². The quantitative estimate of drug-likeness (QED) is 0.435. The molecule has 0 spiro atoms. The first-order chi connectivity index (χ1) is 15.0. The summed E-state index contributed by atoms with van der Waals surface area (Å²) in [4.78, 5) is 21.9. The van der Waals surface area contributed by atoms with Crippen LogP contribution in [-0.4, -0.2) is 38.6 Å². The van der Waals surface area contributed by atoms with E-state index in [1.807, 2.05) is 37.3 Å². The Morgan fingerprint density at radius 3 is 2.68 bits per heavy atom. The maximum absolute atomic E-state index is 12.4. The average Bonchev–Trinajstić information content (AvgIpc) is 3.25. The molecule has 0 saturated heterocycles. The Morgan fingerprint density at radius 2 is 2.00 bits per heavy atom. The van der Waals surface area contributed by atoms with Crippen LogP contribution in [0, 0.1) is 11.3 Å². The molecule has 1 amide bonds. The van der Waals surface area contributed by atoms with Gasteiger partial charge >= 0.3 is 0 Å². The van der Waals surface area contributed by atoms with Crippen LogP contribution < -0.4 is 10.6 Å². The third-order valence-electron chi connectivity index (χ3n) is 4.97. The summed E-state index contributed by atoms with van der Waals surface area (Å²) in [5, 5.41) is 20.5. The van der Waals surface area contributed by atoms with Crippen molar-refractivity contribution in [3.05, 3.63) is 52.5 Å². The van der Waals surface area contributed by atoms with Gasteiger partial charge in [-0.25, -0.2) is 9.97 Å². The van der Waals surface area contributed by atoms with E-state index in [2.05, 4.69) is 37.7 Å². The molecule has 2 aromatic heterocycles. The number of hydrogen-bond donors (Lipinski definition) is 2. The maximum atomic E-state index is 12.4. The van der Waals surface area contributed by atoms with Gasteiger partial charge in [-0.15, -0.1) is 5.10 Å². The molecule has 1 atom stereocenters. The molecule has 2 aromatic carbocycles. The molecule has 0 bridgehead atoms. The Morgan fingerprint density at radius 1 is 1.23 bits per heavy atom. The van der Waals surface area contributed by atoms with Gasteiger partial charge in [-0.3, -0.25) is 4.79 Å². The number of halogens is 1. The number of fused-ring (bicyclic) bond motifs is 3. The molecular formula is C22H20BrN7O. The summed E-state index contributed by atoms with van der Waals surface area (Å²) in [7, 11) is 1.62. The number of carbonyl (C=O) groups is 1. The van der Waals surface area contributed by atoms with Gasteiger partial charge in [0, 0.05) is 22.5 Å². The fraction of sp³-hybridized carbons (Fsp3) is 0.227. The number of anilines is 1. The normalized spacial score (nSPS) is 11.9. The zero-order chi connectivity index (χ0) is 22.0. The number of carbonyl (C=O) groups excluding carboxylic acids is 1. The van der Waals surface area contributed by atoms with Gasteiger partial charge in [-0.2, -0.15) is 9.78 Å². The average molecular weight is 478 g/mol. The molecule has 4 aromatic rings. The van der Waals surface area contributed by atoms with Gasteiger partial charge in [-0.1, -0.05) is 19.4 Å². The van der Waals surface area contributed by atoms with Crippen molar-refractivity contribution >= 4 is 44.3 Å². The van der Waals surface area contributed by atoms with Gasteiger partial charge in [0.2, 0.25) is 11.9 Å². The highest BCUT2D eigenvalue weighted by atomic mass is 79.9. The predicted molar refractivity (Wildman–Crippen MR) is 123 cm³/mol. The van der Waals surface area contributed by atoms with Crippen LogP contribution in [0.1, 0.15) is 25.3 Å². The zero-order valence-electron chi connectivity index (χ0n) is 17.1. The molecule has 0 unspecified atom stereocenters. The number of likely N-dealkylation sites (N-methyl/N-ethyl adjacent to an activating group) is 1. The molecule has 2 N–H and O–H groups in total. The topological polar surface area (TPSA) is 108 Å². The minimum Gasteiger partial charge on any atom is -0.357 e. The molecule has 2 heterocycles. The smallest absolute Gasteiger partial charge is 0.242 e. The monoisotopic (exact) mass is 477 g/mol. The van der Waals surface area contributed by atoms with E-state index in [4.69, 9.17) is 15.2 Å². The van der Waals surface area contributed by atoms with Gasteiger partial charge in [0.05, 0.1) is 17.1 Å². The summed E-state index contributed by atoms with van der Waals surface area (Å²) < 4.78 is 2.46. The number of hydrogen-bond acceptors (Lipinski definition) is 6. The van der Waals surface area contributed by atoms with E-state index < -0.39 is 6.04 Å². The van der Waals surface area contributed by atoms with Gasteiger partial charge in [0.15, 0.2) is 11.5 Å². The van der Waals surface area contributed by atoms with Crippen molar-refractivity contribution in [2.45, 2.75) is 25.8 Å². The number of nitrogens with one attached hydrogen (secondary N) is 2. The second-order valence-corrected chi connectivity index (χ2v) is 7.89. The van der Waals surface area contributed by atoms with E-state index in [-0.39, 0.29) is 5.91 Å². The molecule has 0 radical (unpaired) electrons. The van der Waals surface area contributed by atoms with E-state index in [0.717, 1.165) is 27.4 Å². The SMILES string of the molecule is CCC[C@@H](Nc1nc2c(Br)cccc2c2nc(-c3ccc(C#N)cc3)nn12)C(=O)NC. The van der Waals surface area contributed by atoms with Crippen molar-refractivity contribution in [2.24, 2.45) is 0 Å². The first-order valence-electron chi connectivity index (χ1n) is 9.89. The van der Waals surface area contributed by atoms with E-state index >= 15 is 0 Å². The van der Waals surface area contributed by atoms with Crippen molar-refractivity contribution in [3.8, 4) is 17.5 Å². The van der Waals surface area contributed by atoms with Crippen LogP contribution in [0.2, 0.25) is 0 Å². The van der Waals surface area contributed by atoms with Gasteiger partial charge in [-0.05, 0) is 58.7 Å². The van der Waals surface area contributed by atoms with Gasteiger partial charge in [0.25, 0.3) is 0 Å². The van der Waals surface area contributed by atoms with E-state index in [0.29, 0.717) is 29.4 Å². The van der Waals surface area contributed by atoms with Crippen LogP contribution in [0.5, 0.6) is 0 Å². The summed E-state index contributed by atoms with van der Waals surface area (Å²) >= 11 is 3.57. The van der Waals surface area contributed by atoms with E-state index in [1.54, 1.807) is 23.7 Å². The highest BCUT2D eigenvalue weighted by Gasteiger charge is 2.21. The van der Waals surface area contributed by atoms with Crippen LogP contribution in [0.15, 0.2) is 46.9 Å². The molecule has 0 saturated carbocycles.